The van der Waals surface area contributed by atoms with Gasteiger partial charge in [0, 0.05) is 18.8 Å². The quantitative estimate of drug-likeness (QED) is 0.840. The van der Waals surface area contributed by atoms with Crippen LogP contribution in [-0.4, -0.2) is 43.1 Å². The van der Waals surface area contributed by atoms with Gasteiger partial charge >= 0.3 is 12.2 Å². The van der Waals surface area contributed by atoms with E-state index in [2.05, 4.69) is 10.6 Å². The van der Waals surface area contributed by atoms with Crippen LogP contribution in [0.2, 0.25) is 0 Å². The first-order valence-corrected chi connectivity index (χ1v) is 8.10. The number of benzene rings is 1. The van der Waals surface area contributed by atoms with Gasteiger partial charge in [0.1, 0.15) is 0 Å². The molecule has 3 rings (SSSR count). The molecule has 1 fully saturated rings. The van der Waals surface area contributed by atoms with Crippen LogP contribution in [-0.2, 0) is 15.7 Å². The van der Waals surface area contributed by atoms with Gasteiger partial charge in [0.25, 0.3) is 5.91 Å². The maximum absolute atomic E-state index is 12.9. The molecule has 0 aliphatic carbocycles. The summed E-state index contributed by atoms with van der Waals surface area (Å²) in [6.07, 6.45) is -4.45. The van der Waals surface area contributed by atoms with E-state index in [1.165, 1.54) is 12.1 Å². The molecular weight excluding hydrogens is 351 g/mol. The smallest absolute Gasteiger partial charge is 0.378 e. The Hall–Kier alpha value is -2.55. The molecule has 0 spiro atoms. The van der Waals surface area contributed by atoms with E-state index < -0.39 is 23.8 Å². The molecule has 6 nitrogen and oxygen atoms in total. The predicted octanol–water partition coefficient (Wildman–Crippen LogP) is 2.19. The molecule has 2 aliphatic rings. The zero-order valence-corrected chi connectivity index (χ0v) is 14.0. The number of morpholine rings is 1. The average molecular weight is 369 g/mol. The van der Waals surface area contributed by atoms with E-state index in [4.69, 9.17) is 4.74 Å². The van der Waals surface area contributed by atoms with Crippen LogP contribution in [0.15, 0.2) is 35.5 Å². The second-order valence-corrected chi connectivity index (χ2v) is 6.09. The van der Waals surface area contributed by atoms with E-state index in [0.717, 1.165) is 12.1 Å². The molecule has 3 amide bonds. The molecule has 140 valence electrons. The number of urea groups is 1. The van der Waals surface area contributed by atoms with Gasteiger partial charge in [-0.25, -0.2) is 4.79 Å². The van der Waals surface area contributed by atoms with Gasteiger partial charge in [0.2, 0.25) is 0 Å². The van der Waals surface area contributed by atoms with Crippen molar-refractivity contribution < 1.29 is 27.5 Å². The average Bonchev–Trinajstić information content (AvgIpc) is 2.61. The van der Waals surface area contributed by atoms with Crippen molar-refractivity contribution in [1.29, 1.82) is 0 Å². The van der Waals surface area contributed by atoms with Crippen LogP contribution in [0.1, 0.15) is 24.1 Å². The summed E-state index contributed by atoms with van der Waals surface area (Å²) < 4.78 is 43.6. The highest BCUT2D eigenvalue weighted by Crippen LogP contribution is 2.32. The van der Waals surface area contributed by atoms with Gasteiger partial charge in [-0.3, -0.25) is 4.79 Å². The summed E-state index contributed by atoms with van der Waals surface area (Å²) in [6.45, 7) is 3.28. The van der Waals surface area contributed by atoms with E-state index in [0.29, 0.717) is 43.1 Å². The maximum atomic E-state index is 12.9. The minimum Gasteiger partial charge on any atom is -0.378 e. The van der Waals surface area contributed by atoms with E-state index >= 15 is 0 Å². The van der Waals surface area contributed by atoms with Crippen molar-refractivity contribution in [2.24, 2.45) is 0 Å². The molecule has 9 heteroatoms. The molecule has 2 heterocycles. The number of alkyl halides is 3. The molecule has 2 aliphatic heterocycles. The molecule has 0 radical (unpaired) electrons. The Balaban J connectivity index is 1.93. The van der Waals surface area contributed by atoms with Crippen molar-refractivity contribution in [1.82, 2.24) is 15.5 Å². The van der Waals surface area contributed by atoms with Crippen LogP contribution in [0.3, 0.4) is 0 Å². The Labute approximate surface area is 148 Å². The first kappa shape index (κ1) is 18.2. The minimum atomic E-state index is -4.45. The number of nitrogens with zero attached hydrogens (tertiary/aromatic N) is 1. The van der Waals surface area contributed by atoms with Crippen molar-refractivity contribution in [2.45, 2.75) is 19.1 Å². The number of carbonyl (C=O) groups is 2. The standard InChI is InChI=1S/C17H18F3N3O3/c1-10-13(15(24)23-6-8-26-9-7-23)14(22-16(25)21-10)11-2-4-12(5-3-11)17(18,19)20/h2-5,14H,6-9H2,1H3,(H2,21,22,25)/t14-/m0/s1. The second-order valence-electron chi connectivity index (χ2n) is 6.09. The van der Waals surface area contributed by atoms with Gasteiger partial charge in [-0.05, 0) is 24.6 Å². The monoisotopic (exact) mass is 369 g/mol. The first-order valence-electron chi connectivity index (χ1n) is 8.10. The van der Waals surface area contributed by atoms with Gasteiger partial charge in [0.15, 0.2) is 0 Å². The molecule has 0 saturated carbocycles. The highest BCUT2D eigenvalue weighted by Gasteiger charge is 2.35. The number of allylic oxidation sites excluding steroid dienone is 1. The summed E-state index contributed by atoms with van der Waals surface area (Å²) in [5.74, 6) is -0.275. The second kappa shape index (κ2) is 6.99. The van der Waals surface area contributed by atoms with Crippen LogP contribution in [0.25, 0.3) is 0 Å². The fraction of sp³-hybridized carbons (Fsp3) is 0.412. The lowest BCUT2D eigenvalue weighted by Crippen LogP contribution is -2.49. The third-order valence-electron chi connectivity index (χ3n) is 4.37. The third-order valence-corrected chi connectivity index (χ3v) is 4.37. The Bertz CT molecular complexity index is 738. The molecule has 1 aromatic carbocycles. The Morgan fingerprint density at radius 3 is 2.38 bits per heavy atom. The molecule has 2 N–H and O–H groups in total. The van der Waals surface area contributed by atoms with Crippen molar-refractivity contribution in [2.75, 3.05) is 26.3 Å². The number of hydrogen-bond acceptors (Lipinski definition) is 3. The maximum Gasteiger partial charge on any atom is 0.416 e. The summed E-state index contributed by atoms with van der Waals surface area (Å²) in [5, 5.41) is 5.18. The Morgan fingerprint density at radius 2 is 1.81 bits per heavy atom. The van der Waals surface area contributed by atoms with Crippen molar-refractivity contribution in [3.63, 3.8) is 0 Å². The number of amides is 3. The van der Waals surface area contributed by atoms with Gasteiger partial charge in [-0.2, -0.15) is 13.2 Å². The van der Waals surface area contributed by atoms with Crippen molar-refractivity contribution >= 4 is 11.9 Å². The number of halogens is 3. The number of hydrogen-bond donors (Lipinski definition) is 2. The topological polar surface area (TPSA) is 70.7 Å². The van der Waals surface area contributed by atoms with Gasteiger partial charge in [-0.1, -0.05) is 12.1 Å². The number of rotatable bonds is 2. The van der Waals surface area contributed by atoms with Crippen LogP contribution in [0, 0.1) is 0 Å². The highest BCUT2D eigenvalue weighted by atomic mass is 19.4. The van der Waals surface area contributed by atoms with Gasteiger partial charge in [-0.15, -0.1) is 0 Å². The van der Waals surface area contributed by atoms with Gasteiger partial charge < -0.3 is 20.3 Å². The summed E-state index contributed by atoms with van der Waals surface area (Å²) in [7, 11) is 0. The van der Waals surface area contributed by atoms with Gasteiger partial charge in [0.05, 0.1) is 30.4 Å². The fourth-order valence-corrected chi connectivity index (χ4v) is 3.03. The predicted molar refractivity (Wildman–Crippen MR) is 86.0 cm³/mol. The summed E-state index contributed by atoms with van der Waals surface area (Å²) in [5.41, 5.74) is 0.313. The van der Waals surface area contributed by atoms with Crippen LogP contribution >= 0.6 is 0 Å². The van der Waals surface area contributed by atoms with Crippen molar-refractivity contribution in [3.8, 4) is 0 Å². The molecular formula is C17H18F3N3O3. The molecule has 1 atom stereocenters. The fourth-order valence-electron chi connectivity index (χ4n) is 3.03. The molecule has 0 unspecified atom stereocenters. The molecule has 1 saturated heterocycles. The summed E-state index contributed by atoms with van der Waals surface area (Å²) in [4.78, 5) is 26.4. The Kier molecular flexibility index (Phi) is 4.90. The lowest BCUT2D eigenvalue weighted by Gasteiger charge is -2.34. The lowest BCUT2D eigenvalue weighted by molar-refractivity contribution is -0.137. The number of carbonyl (C=O) groups excluding carboxylic acids is 2. The SMILES string of the molecule is CC1=C(C(=O)N2CCOCC2)[C@H](c2ccc(C(F)(F)F)cc2)NC(=O)N1. The normalized spacial score (nSPS) is 21.3. The van der Waals surface area contributed by atoms with Crippen molar-refractivity contribution in [3.05, 3.63) is 46.7 Å². The van der Waals surface area contributed by atoms with Crippen LogP contribution in [0.4, 0.5) is 18.0 Å². The van der Waals surface area contributed by atoms with E-state index in [9.17, 15) is 22.8 Å². The van der Waals surface area contributed by atoms with Crippen LogP contribution in [0.5, 0.6) is 0 Å². The number of nitrogens with one attached hydrogen (secondary N) is 2. The highest BCUT2D eigenvalue weighted by molar-refractivity contribution is 5.98. The summed E-state index contributed by atoms with van der Waals surface area (Å²) >= 11 is 0. The molecule has 1 aromatic rings. The third kappa shape index (κ3) is 3.67. The zero-order chi connectivity index (χ0) is 18.9. The zero-order valence-electron chi connectivity index (χ0n) is 14.0. The lowest BCUT2D eigenvalue weighted by atomic mass is 9.93. The van der Waals surface area contributed by atoms with Crippen LogP contribution < -0.4 is 10.6 Å². The first-order chi connectivity index (χ1) is 12.3. The van der Waals surface area contributed by atoms with E-state index in [-0.39, 0.29) is 5.91 Å². The summed E-state index contributed by atoms with van der Waals surface area (Å²) in [6, 6.07) is 3.11. The molecule has 26 heavy (non-hydrogen) atoms. The van der Waals surface area contributed by atoms with E-state index in [1.54, 1.807) is 11.8 Å². The minimum absolute atomic E-state index is 0.275. The van der Waals surface area contributed by atoms with E-state index in [1.807, 2.05) is 0 Å². The molecule has 0 bridgehead atoms. The molecule has 0 aromatic heterocycles. The largest absolute Gasteiger partial charge is 0.416 e. The Morgan fingerprint density at radius 1 is 1.19 bits per heavy atom. The number of ether oxygens (including phenoxy) is 1.